The summed E-state index contributed by atoms with van der Waals surface area (Å²) in [6.45, 7) is 3.41. The lowest BCUT2D eigenvalue weighted by Gasteiger charge is -2.38. The van der Waals surface area contributed by atoms with Crippen LogP contribution in [0.25, 0.3) is 0 Å². The number of nitrogens with two attached hydrogens (primary N) is 1. The van der Waals surface area contributed by atoms with Crippen molar-refractivity contribution in [1.82, 2.24) is 5.32 Å². The van der Waals surface area contributed by atoms with Crippen LogP contribution in [0, 0.1) is 6.92 Å². The number of primary sulfonamides is 1. The fourth-order valence-corrected chi connectivity index (χ4v) is 2.74. The molecule has 1 fully saturated rings. The third kappa shape index (κ3) is 2.41. The van der Waals surface area contributed by atoms with Crippen molar-refractivity contribution in [2.24, 2.45) is 5.14 Å². The number of hydrogen-bond acceptors (Lipinski definition) is 4. The maximum absolute atomic E-state index is 11.9. The lowest BCUT2D eigenvalue weighted by Crippen LogP contribution is -2.50. The molecule has 1 aliphatic rings. The van der Waals surface area contributed by atoms with Crippen molar-refractivity contribution in [3.8, 4) is 0 Å². The van der Waals surface area contributed by atoms with Crippen LogP contribution in [0.3, 0.4) is 0 Å². The molecule has 0 aromatic carbocycles. The average Bonchev–Trinajstić information content (AvgIpc) is 2.57. The molecule has 1 aliphatic carbocycles. The van der Waals surface area contributed by atoms with Crippen molar-refractivity contribution in [3.05, 3.63) is 17.6 Å². The van der Waals surface area contributed by atoms with E-state index in [-0.39, 0.29) is 22.0 Å². The molecule has 1 saturated carbocycles. The van der Waals surface area contributed by atoms with Crippen LogP contribution in [0.15, 0.2) is 15.4 Å². The van der Waals surface area contributed by atoms with Crippen LogP contribution in [-0.4, -0.2) is 19.9 Å². The first-order valence-corrected chi connectivity index (χ1v) is 7.22. The minimum Gasteiger partial charge on any atom is -0.455 e. The molecule has 0 spiro atoms. The summed E-state index contributed by atoms with van der Waals surface area (Å²) in [6.07, 6.45) is 2.91. The summed E-state index contributed by atoms with van der Waals surface area (Å²) in [6, 6.07) is 1.17. The fourth-order valence-electron chi connectivity index (χ4n) is 2.03. The Kier molecular flexibility index (Phi) is 2.98. The van der Waals surface area contributed by atoms with E-state index in [9.17, 15) is 13.2 Å². The molecule has 1 heterocycles. The van der Waals surface area contributed by atoms with Gasteiger partial charge in [0.15, 0.2) is 5.76 Å². The molecule has 3 N–H and O–H groups in total. The van der Waals surface area contributed by atoms with E-state index in [0.29, 0.717) is 0 Å². The molecule has 7 heteroatoms. The second-order valence-electron chi connectivity index (χ2n) is 4.94. The fraction of sp³-hybridized carbons (Fsp3) is 0.545. The monoisotopic (exact) mass is 272 g/mol. The molecule has 6 nitrogen and oxygen atoms in total. The van der Waals surface area contributed by atoms with E-state index in [2.05, 4.69) is 5.32 Å². The molecule has 0 aliphatic heterocycles. The molecule has 0 saturated heterocycles. The van der Waals surface area contributed by atoms with Crippen LogP contribution in [0.4, 0.5) is 0 Å². The summed E-state index contributed by atoms with van der Waals surface area (Å²) >= 11 is 0. The molecule has 1 amide bonds. The molecule has 100 valence electrons. The Morgan fingerprint density at radius 1 is 1.50 bits per heavy atom. The van der Waals surface area contributed by atoms with E-state index in [1.54, 1.807) is 0 Å². The zero-order chi connectivity index (χ0) is 13.6. The summed E-state index contributed by atoms with van der Waals surface area (Å²) in [5, 5.41) is 7.85. The molecule has 18 heavy (non-hydrogen) atoms. The quantitative estimate of drug-likeness (QED) is 0.853. The summed E-state index contributed by atoms with van der Waals surface area (Å²) in [4.78, 5) is 11.8. The SMILES string of the molecule is Cc1oc(C(=O)NC2(C)CCC2)cc1S(N)(=O)=O. The summed E-state index contributed by atoms with van der Waals surface area (Å²) in [5.41, 5.74) is -0.209. The van der Waals surface area contributed by atoms with Gasteiger partial charge in [-0.15, -0.1) is 0 Å². The highest BCUT2D eigenvalue weighted by molar-refractivity contribution is 7.89. The van der Waals surface area contributed by atoms with E-state index in [1.807, 2.05) is 6.92 Å². The van der Waals surface area contributed by atoms with Crippen LogP contribution in [0.1, 0.15) is 42.5 Å². The highest BCUT2D eigenvalue weighted by atomic mass is 32.2. The van der Waals surface area contributed by atoms with Crippen LogP contribution in [-0.2, 0) is 10.0 Å². The Morgan fingerprint density at radius 3 is 2.50 bits per heavy atom. The van der Waals surface area contributed by atoms with Crippen LogP contribution < -0.4 is 10.5 Å². The number of rotatable bonds is 3. The highest BCUT2D eigenvalue weighted by Crippen LogP contribution is 2.31. The number of hydrogen-bond donors (Lipinski definition) is 2. The number of nitrogens with one attached hydrogen (secondary N) is 1. The first-order valence-electron chi connectivity index (χ1n) is 5.67. The van der Waals surface area contributed by atoms with Crippen LogP contribution in [0.5, 0.6) is 0 Å². The second kappa shape index (κ2) is 4.10. The van der Waals surface area contributed by atoms with Gasteiger partial charge in [0, 0.05) is 11.6 Å². The molecular formula is C11H16N2O4S. The maximum atomic E-state index is 11.9. The van der Waals surface area contributed by atoms with Crippen molar-refractivity contribution in [1.29, 1.82) is 0 Å². The predicted octanol–water partition coefficient (Wildman–Crippen LogP) is 0.908. The van der Waals surface area contributed by atoms with E-state index >= 15 is 0 Å². The maximum Gasteiger partial charge on any atom is 0.287 e. The largest absolute Gasteiger partial charge is 0.455 e. The highest BCUT2D eigenvalue weighted by Gasteiger charge is 2.34. The Balaban J connectivity index is 2.22. The molecule has 1 aromatic heterocycles. The Hall–Kier alpha value is -1.34. The summed E-state index contributed by atoms with van der Waals surface area (Å²) in [5.74, 6) is -0.304. The molecule has 0 atom stereocenters. The van der Waals surface area contributed by atoms with Gasteiger partial charge in [-0.25, -0.2) is 13.6 Å². The predicted molar refractivity (Wildman–Crippen MR) is 64.5 cm³/mol. The van der Waals surface area contributed by atoms with Crippen molar-refractivity contribution in [2.45, 2.75) is 43.5 Å². The van der Waals surface area contributed by atoms with E-state index < -0.39 is 15.9 Å². The van der Waals surface area contributed by atoms with Crippen LogP contribution in [0.2, 0.25) is 0 Å². The third-order valence-electron chi connectivity index (χ3n) is 3.27. The second-order valence-corrected chi connectivity index (χ2v) is 6.47. The molecule has 2 rings (SSSR count). The Morgan fingerprint density at radius 2 is 2.11 bits per heavy atom. The number of amides is 1. The van der Waals surface area contributed by atoms with Crippen molar-refractivity contribution >= 4 is 15.9 Å². The summed E-state index contributed by atoms with van der Waals surface area (Å²) in [7, 11) is -3.86. The van der Waals surface area contributed by atoms with Crippen molar-refractivity contribution in [3.63, 3.8) is 0 Å². The van der Waals surface area contributed by atoms with Crippen molar-refractivity contribution in [2.75, 3.05) is 0 Å². The van der Waals surface area contributed by atoms with Gasteiger partial charge in [-0.2, -0.15) is 0 Å². The van der Waals surface area contributed by atoms with Gasteiger partial charge in [0.25, 0.3) is 5.91 Å². The molecular weight excluding hydrogens is 256 g/mol. The lowest BCUT2D eigenvalue weighted by atomic mass is 9.78. The van der Waals surface area contributed by atoms with Gasteiger partial charge in [0.2, 0.25) is 10.0 Å². The zero-order valence-corrected chi connectivity index (χ0v) is 11.1. The number of sulfonamides is 1. The van der Waals surface area contributed by atoms with Gasteiger partial charge in [-0.3, -0.25) is 4.79 Å². The Labute approximate surface area is 106 Å². The van der Waals surface area contributed by atoms with E-state index in [4.69, 9.17) is 9.56 Å². The third-order valence-corrected chi connectivity index (χ3v) is 4.29. The first-order chi connectivity index (χ1) is 8.21. The number of carbonyl (C=O) groups is 1. The smallest absolute Gasteiger partial charge is 0.287 e. The normalized spacial score (nSPS) is 18.2. The van der Waals surface area contributed by atoms with Crippen LogP contribution >= 0.6 is 0 Å². The number of carbonyl (C=O) groups excluding carboxylic acids is 1. The average molecular weight is 272 g/mol. The molecule has 0 bridgehead atoms. The lowest BCUT2D eigenvalue weighted by molar-refractivity contribution is 0.0820. The standard InChI is InChI=1S/C11H16N2O4S/c1-7-9(18(12,15)16)6-8(17-7)10(14)13-11(2)4-3-5-11/h6H,3-5H2,1-2H3,(H,13,14)(H2,12,15,16). The minimum atomic E-state index is -3.86. The van der Waals surface area contributed by atoms with Gasteiger partial charge in [-0.1, -0.05) is 0 Å². The Bertz CT molecular complexity index is 584. The number of aryl methyl sites for hydroxylation is 1. The topological polar surface area (TPSA) is 102 Å². The first kappa shape index (κ1) is 13.1. The van der Waals surface area contributed by atoms with Gasteiger partial charge < -0.3 is 9.73 Å². The van der Waals surface area contributed by atoms with Gasteiger partial charge in [-0.05, 0) is 33.1 Å². The van der Waals surface area contributed by atoms with E-state index in [0.717, 1.165) is 19.3 Å². The minimum absolute atomic E-state index is 0.0235. The zero-order valence-electron chi connectivity index (χ0n) is 10.3. The molecule has 0 unspecified atom stereocenters. The number of furan rings is 1. The summed E-state index contributed by atoms with van der Waals surface area (Å²) < 4.78 is 27.6. The van der Waals surface area contributed by atoms with E-state index in [1.165, 1.54) is 13.0 Å². The van der Waals surface area contributed by atoms with Gasteiger partial charge in [0.05, 0.1) is 0 Å². The molecule has 1 aromatic rings. The molecule has 0 radical (unpaired) electrons. The van der Waals surface area contributed by atoms with Gasteiger partial charge in [0.1, 0.15) is 10.7 Å². The van der Waals surface area contributed by atoms with Gasteiger partial charge >= 0.3 is 0 Å². The van der Waals surface area contributed by atoms with Crippen molar-refractivity contribution < 1.29 is 17.6 Å².